The molecular formula is C11H22N2O3. The van der Waals surface area contributed by atoms with Gasteiger partial charge in [-0.15, -0.1) is 0 Å². The third-order valence-electron chi connectivity index (χ3n) is 2.98. The van der Waals surface area contributed by atoms with Gasteiger partial charge in [-0.1, -0.05) is 0 Å². The van der Waals surface area contributed by atoms with Gasteiger partial charge in [0.25, 0.3) is 0 Å². The van der Waals surface area contributed by atoms with E-state index in [1.54, 1.807) is 14.2 Å². The standard InChI is InChI=1S/C11H22N2O3/c1-4-13(5-6-15-2)11(14)10-7-9(16-3)8-12-10/h9-10,12H,4-8H2,1-3H3. The molecule has 0 aromatic carbocycles. The van der Waals surface area contributed by atoms with E-state index in [9.17, 15) is 4.79 Å². The maximum atomic E-state index is 12.1. The first kappa shape index (κ1) is 13.4. The Morgan fingerprint density at radius 3 is 2.75 bits per heavy atom. The molecule has 0 aromatic heterocycles. The summed E-state index contributed by atoms with van der Waals surface area (Å²) in [7, 11) is 3.33. The van der Waals surface area contributed by atoms with Gasteiger partial charge < -0.3 is 19.7 Å². The van der Waals surface area contributed by atoms with Gasteiger partial charge in [0.05, 0.1) is 18.8 Å². The summed E-state index contributed by atoms with van der Waals surface area (Å²) < 4.78 is 10.2. The van der Waals surface area contributed by atoms with Crippen molar-refractivity contribution in [3.05, 3.63) is 0 Å². The van der Waals surface area contributed by atoms with E-state index in [1.165, 1.54) is 0 Å². The van der Waals surface area contributed by atoms with Crippen molar-refractivity contribution >= 4 is 5.91 Å². The van der Waals surface area contributed by atoms with Crippen molar-refractivity contribution in [2.75, 3.05) is 40.5 Å². The summed E-state index contributed by atoms with van der Waals surface area (Å²) in [4.78, 5) is 13.9. The van der Waals surface area contributed by atoms with Gasteiger partial charge in [-0.05, 0) is 13.3 Å². The zero-order chi connectivity index (χ0) is 12.0. The van der Waals surface area contributed by atoms with Crippen LogP contribution in [0.5, 0.6) is 0 Å². The second kappa shape index (κ2) is 6.83. The highest BCUT2D eigenvalue weighted by atomic mass is 16.5. The fourth-order valence-corrected chi connectivity index (χ4v) is 1.92. The minimum atomic E-state index is -0.0956. The number of rotatable bonds is 6. The SMILES string of the molecule is CCN(CCOC)C(=O)C1CC(OC)CN1. The lowest BCUT2D eigenvalue weighted by atomic mass is 10.2. The predicted molar refractivity (Wildman–Crippen MR) is 61.3 cm³/mol. The molecule has 1 rings (SSSR count). The molecule has 1 aliphatic heterocycles. The first-order valence-electron chi connectivity index (χ1n) is 5.76. The second-order valence-corrected chi connectivity index (χ2v) is 3.96. The number of carbonyl (C=O) groups excluding carboxylic acids is 1. The molecule has 1 fully saturated rings. The molecule has 2 atom stereocenters. The van der Waals surface area contributed by atoms with Crippen LogP contribution in [0.15, 0.2) is 0 Å². The average molecular weight is 230 g/mol. The van der Waals surface area contributed by atoms with Crippen LogP contribution < -0.4 is 5.32 Å². The zero-order valence-corrected chi connectivity index (χ0v) is 10.4. The molecule has 1 aliphatic rings. The zero-order valence-electron chi connectivity index (χ0n) is 10.4. The van der Waals surface area contributed by atoms with E-state index in [0.717, 1.165) is 19.5 Å². The molecule has 5 heteroatoms. The number of likely N-dealkylation sites (N-methyl/N-ethyl adjacent to an activating group) is 1. The highest BCUT2D eigenvalue weighted by Crippen LogP contribution is 2.12. The van der Waals surface area contributed by atoms with E-state index >= 15 is 0 Å². The van der Waals surface area contributed by atoms with Gasteiger partial charge in [0.15, 0.2) is 0 Å². The normalized spacial score (nSPS) is 24.7. The van der Waals surface area contributed by atoms with Crippen molar-refractivity contribution in [2.45, 2.75) is 25.5 Å². The Morgan fingerprint density at radius 1 is 1.50 bits per heavy atom. The van der Waals surface area contributed by atoms with Crippen molar-refractivity contribution in [1.29, 1.82) is 0 Å². The van der Waals surface area contributed by atoms with Gasteiger partial charge in [0, 0.05) is 33.9 Å². The minimum Gasteiger partial charge on any atom is -0.383 e. The summed E-state index contributed by atoms with van der Waals surface area (Å²) in [5.41, 5.74) is 0. The Labute approximate surface area is 97.1 Å². The molecule has 0 aliphatic carbocycles. The number of nitrogens with zero attached hydrogens (tertiary/aromatic N) is 1. The summed E-state index contributed by atoms with van der Waals surface area (Å²) >= 11 is 0. The highest BCUT2D eigenvalue weighted by Gasteiger charge is 2.31. The summed E-state index contributed by atoms with van der Waals surface area (Å²) in [6.45, 7) is 4.70. The third-order valence-corrected chi connectivity index (χ3v) is 2.98. The third kappa shape index (κ3) is 3.43. The number of amides is 1. The fraction of sp³-hybridized carbons (Fsp3) is 0.909. The molecule has 1 amide bonds. The lowest BCUT2D eigenvalue weighted by Gasteiger charge is -2.23. The monoisotopic (exact) mass is 230 g/mol. The van der Waals surface area contributed by atoms with Gasteiger partial charge in [0.2, 0.25) is 5.91 Å². The van der Waals surface area contributed by atoms with Crippen LogP contribution in [0.25, 0.3) is 0 Å². The van der Waals surface area contributed by atoms with E-state index in [4.69, 9.17) is 9.47 Å². The highest BCUT2D eigenvalue weighted by molar-refractivity contribution is 5.82. The van der Waals surface area contributed by atoms with Crippen LogP contribution >= 0.6 is 0 Å². The predicted octanol–water partition coefficient (Wildman–Crippen LogP) is -0.142. The Bertz CT molecular complexity index is 219. The summed E-state index contributed by atoms with van der Waals surface area (Å²) in [5.74, 6) is 0.152. The second-order valence-electron chi connectivity index (χ2n) is 3.96. The number of hydrogen-bond donors (Lipinski definition) is 1. The molecule has 1 heterocycles. The lowest BCUT2D eigenvalue weighted by Crippen LogP contribution is -2.44. The topological polar surface area (TPSA) is 50.8 Å². The van der Waals surface area contributed by atoms with Gasteiger partial charge in [-0.2, -0.15) is 0 Å². The molecule has 1 N–H and O–H groups in total. The Morgan fingerprint density at radius 2 is 2.25 bits per heavy atom. The van der Waals surface area contributed by atoms with Gasteiger partial charge in [0.1, 0.15) is 0 Å². The molecule has 94 valence electrons. The number of methoxy groups -OCH3 is 2. The van der Waals surface area contributed by atoms with E-state index in [0.29, 0.717) is 13.2 Å². The van der Waals surface area contributed by atoms with Crippen LogP contribution in [0.2, 0.25) is 0 Å². The largest absolute Gasteiger partial charge is 0.383 e. The van der Waals surface area contributed by atoms with E-state index in [-0.39, 0.29) is 18.1 Å². The van der Waals surface area contributed by atoms with Gasteiger partial charge in [-0.25, -0.2) is 0 Å². The summed E-state index contributed by atoms with van der Waals surface area (Å²) in [6.07, 6.45) is 0.925. The van der Waals surface area contributed by atoms with Crippen molar-refractivity contribution in [3.63, 3.8) is 0 Å². The molecule has 0 radical (unpaired) electrons. The quantitative estimate of drug-likeness (QED) is 0.690. The Hall–Kier alpha value is -0.650. The number of nitrogens with one attached hydrogen (secondary N) is 1. The number of carbonyl (C=O) groups is 1. The molecule has 5 nitrogen and oxygen atoms in total. The smallest absolute Gasteiger partial charge is 0.239 e. The van der Waals surface area contributed by atoms with Crippen LogP contribution in [-0.2, 0) is 14.3 Å². The molecule has 16 heavy (non-hydrogen) atoms. The van der Waals surface area contributed by atoms with Crippen molar-refractivity contribution < 1.29 is 14.3 Å². The molecule has 0 bridgehead atoms. The van der Waals surface area contributed by atoms with Crippen LogP contribution in [0.3, 0.4) is 0 Å². The summed E-state index contributed by atoms with van der Waals surface area (Å²) in [5, 5.41) is 3.19. The molecule has 0 saturated carbocycles. The van der Waals surface area contributed by atoms with Crippen LogP contribution in [0.1, 0.15) is 13.3 Å². The van der Waals surface area contributed by atoms with Gasteiger partial charge in [-0.3, -0.25) is 4.79 Å². The molecular weight excluding hydrogens is 208 g/mol. The van der Waals surface area contributed by atoms with Crippen LogP contribution in [-0.4, -0.2) is 63.4 Å². The Kier molecular flexibility index (Phi) is 5.73. The lowest BCUT2D eigenvalue weighted by molar-refractivity contribution is -0.133. The maximum Gasteiger partial charge on any atom is 0.239 e. The minimum absolute atomic E-state index is 0.0956. The fourth-order valence-electron chi connectivity index (χ4n) is 1.92. The van der Waals surface area contributed by atoms with E-state index in [1.807, 2.05) is 11.8 Å². The molecule has 0 aromatic rings. The molecule has 0 spiro atoms. The number of hydrogen-bond acceptors (Lipinski definition) is 4. The Balaban J connectivity index is 2.42. The average Bonchev–Trinajstić information content (AvgIpc) is 2.78. The van der Waals surface area contributed by atoms with Crippen LogP contribution in [0.4, 0.5) is 0 Å². The summed E-state index contributed by atoms with van der Waals surface area (Å²) in [6, 6.07) is -0.0956. The van der Waals surface area contributed by atoms with E-state index < -0.39 is 0 Å². The first-order chi connectivity index (χ1) is 7.72. The van der Waals surface area contributed by atoms with E-state index in [2.05, 4.69) is 5.32 Å². The molecule has 2 unspecified atom stereocenters. The maximum absolute atomic E-state index is 12.1. The van der Waals surface area contributed by atoms with Crippen molar-refractivity contribution in [3.8, 4) is 0 Å². The number of ether oxygens (including phenoxy) is 2. The van der Waals surface area contributed by atoms with Gasteiger partial charge >= 0.3 is 0 Å². The molecule has 1 saturated heterocycles. The first-order valence-corrected chi connectivity index (χ1v) is 5.76. The van der Waals surface area contributed by atoms with Crippen LogP contribution in [0, 0.1) is 0 Å². The van der Waals surface area contributed by atoms with Crippen molar-refractivity contribution in [1.82, 2.24) is 10.2 Å². The van der Waals surface area contributed by atoms with Crippen molar-refractivity contribution in [2.24, 2.45) is 0 Å².